The normalized spacial score (nSPS) is 12.5. The lowest BCUT2D eigenvalue weighted by Crippen LogP contribution is -2.21. The fourth-order valence-electron chi connectivity index (χ4n) is 1.24. The Morgan fingerprint density at radius 3 is 3.00 bits per heavy atom. The van der Waals surface area contributed by atoms with Crippen molar-refractivity contribution in [3.8, 4) is 0 Å². The number of methoxy groups -OCH3 is 1. The van der Waals surface area contributed by atoms with Crippen LogP contribution in [-0.4, -0.2) is 34.5 Å². The van der Waals surface area contributed by atoms with Gasteiger partial charge in [-0.3, -0.25) is 14.8 Å². The third-order valence-corrected chi connectivity index (χ3v) is 1.81. The molecule has 0 bridgehead atoms. The first-order valence-electron chi connectivity index (χ1n) is 4.48. The highest BCUT2D eigenvalue weighted by atomic mass is 16.6. The molecule has 0 aromatic carbocycles. The average Bonchev–Trinajstić information content (AvgIpc) is 2.47. The van der Waals surface area contributed by atoms with Gasteiger partial charge in [0.2, 0.25) is 5.82 Å². The SMILES string of the molecule is COCC(C)Nc1nn(C)cc1[N+](=O)[O-]. The maximum atomic E-state index is 10.7. The van der Waals surface area contributed by atoms with Crippen LogP contribution in [0.15, 0.2) is 6.20 Å². The second-order valence-electron chi connectivity index (χ2n) is 3.29. The molecule has 1 aromatic heterocycles. The number of anilines is 1. The number of aromatic nitrogens is 2. The number of rotatable bonds is 5. The van der Waals surface area contributed by atoms with Gasteiger partial charge in [0.05, 0.1) is 11.5 Å². The number of nitrogens with zero attached hydrogens (tertiary/aromatic N) is 3. The molecule has 0 amide bonds. The molecule has 15 heavy (non-hydrogen) atoms. The van der Waals surface area contributed by atoms with E-state index in [0.717, 1.165) is 0 Å². The van der Waals surface area contributed by atoms with Gasteiger partial charge < -0.3 is 10.1 Å². The van der Waals surface area contributed by atoms with E-state index in [4.69, 9.17) is 4.74 Å². The van der Waals surface area contributed by atoms with Gasteiger partial charge in [-0.2, -0.15) is 0 Å². The zero-order valence-electron chi connectivity index (χ0n) is 8.93. The molecule has 7 heteroatoms. The number of nitro groups is 1. The van der Waals surface area contributed by atoms with Crippen molar-refractivity contribution >= 4 is 11.5 Å². The van der Waals surface area contributed by atoms with E-state index in [1.54, 1.807) is 14.2 Å². The van der Waals surface area contributed by atoms with Crippen molar-refractivity contribution in [1.82, 2.24) is 9.78 Å². The quantitative estimate of drug-likeness (QED) is 0.578. The van der Waals surface area contributed by atoms with Crippen LogP contribution in [0.2, 0.25) is 0 Å². The minimum atomic E-state index is -0.463. The van der Waals surface area contributed by atoms with Crippen LogP contribution >= 0.6 is 0 Å². The highest BCUT2D eigenvalue weighted by molar-refractivity contribution is 5.54. The second-order valence-corrected chi connectivity index (χ2v) is 3.29. The summed E-state index contributed by atoms with van der Waals surface area (Å²) < 4.78 is 6.32. The standard InChI is InChI=1S/C8H14N4O3/c1-6(5-15-3)9-8-7(12(13)14)4-11(2)10-8/h4,6H,5H2,1-3H3,(H,9,10). The molecule has 1 N–H and O–H groups in total. The van der Waals surface area contributed by atoms with Gasteiger partial charge in [0.15, 0.2) is 0 Å². The van der Waals surface area contributed by atoms with E-state index in [-0.39, 0.29) is 17.5 Å². The second kappa shape index (κ2) is 4.74. The van der Waals surface area contributed by atoms with E-state index in [9.17, 15) is 10.1 Å². The summed E-state index contributed by atoms with van der Waals surface area (Å²) in [6, 6.07) is -0.0244. The highest BCUT2D eigenvalue weighted by Crippen LogP contribution is 2.21. The molecule has 7 nitrogen and oxygen atoms in total. The van der Waals surface area contributed by atoms with Crippen LogP contribution in [0.1, 0.15) is 6.92 Å². The van der Waals surface area contributed by atoms with Gasteiger partial charge in [-0.1, -0.05) is 0 Å². The Morgan fingerprint density at radius 1 is 1.80 bits per heavy atom. The average molecular weight is 214 g/mol. The predicted molar refractivity (Wildman–Crippen MR) is 54.8 cm³/mol. The first-order valence-corrected chi connectivity index (χ1v) is 4.48. The van der Waals surface area contributed by atoms with Crippen LogP contribution in [-0.2, 0) is 11.8 Å². The smallest absolute Gasteiger partial charge is 0.330 e. The molecule has 84 valence electrons. The minimum absolute atomic E-state index is 0.0244. The predicted octanol–water partition coefficient (Wildman–Crippen LogP) is 0.775. The molecule has 0 aliphatic carbocycles. The van der Waals surface area contributed by atoms with Crippen LogP contribution in [0.5, 0.6) is 0 Å². The molecule has 0 spiro atoms. The lowest BCUT2D eigenvalue weighted by Gasteiger charge is -2.10. The van der Waals surface area contributed by atoms with Crippen LogP contribution < -0.4 is 5.32 Å². The number of aryl methyl sites for hydroxylation is 1. The lowest BCUT2D eigenvalue weighted by atomic mass is 10.3. The van der Waals surface area contributed by atoms with Crippen molar-refractivity contribution in [2.45, 2.75) is 13.0 Å². The van der Waals surface area contributed by atoms with Gasteiger partial charge in [-0.05, 0) is 6.92 Å². The minimum Gasteiger partial charge on any atom is -0.383 e. The van der Waals surface area contributed by atoms with Crippen molar-refractivity contribution in [2.24, 2.45) is 7.05 Å². The highest BCUT2D eigenvalue weighted by Gasteiger charge is 2.19. The summed E-state index contributed by atoms with van der Waals surface area (Å²) in [6.07, 6.45) is 1.36. The molecular formula is C8H14N4O3. The van der Waals surface area contributed by atoms with Gasteiger partial charge in [0.25, 0.3) is 0 Å². The van der Waals surface area contributed by atoms with Crippen LogP contribution in [0, 0.1) is 10.1 Å². The number of hydrogen-bond donors (Lipinski definition) is 1. The Labute approximate surface area is 87.2 Å². The summed E-state index contributed by atoms with van der Waals surface area (Å²) >= 11 is 0. The number of ether oxygens (including phenoxy) is 1. The largest absolute Gasteiger partial charge is 0.383 e. The Hall–Kier alpha value is -1.63. The lowest BCUT2D eigenvalue weighted by molar-refractivity contribution is -0.384. The van der Waals surface area contributed by atoms with Crippen molar-refractivity contribution in [1.29, 1.82) is 0 Å². The first kappa shape index (κ1) is 11.4. The fourth-order valence-corrected chi connectivity index (χ4v) is 1.24. The summed E-state index contributed by atoms with van der Waals surface area (Å²) in [4.78, 5) is 10.2. The van der Waals surface area contributed by atoms with Gasteiger partial charge in [0, 0.05) is 20.2 Å². The van der Waals surface area contributed by atoms with Crippen molar-refractivity contribution in [2.75, 3.05) is 19.0 Å². The zero-order valence-corrected chi connectivity index (χ0v) is 8.93. The van der Waals surface area contributed by atoms with Gasteiger partial charge in [-0.25, -0.2) is 0 Å². The maximum Gasteiger partial charge on any atom is 0.330 e. The zero-order chi connectivity index (χ0) is 11.4. The molecule has 1 aromatic rings. The third-order valence-electron chi connectivity index (χ3n) is 1.81. The maximum absolute atomic E-state index is 10.7. The van der Waals surface area contributed by atoms with Gasteiger partial charge in [-0.15, -0.1) is 5.10 Å². The molecule has 0 saturated carbocycles. The van der Waals surface area contributed by atoms with Crippen LogP contribution in [0.3, 0.4) is 0 Å². The van der Waals surface area contributed by atoms with Crippen molar-refractivity contribution < 1.29 is 9.66 Å². The molecule has 0 aliphatic rings. The molecule has 0 radical (unpaired) electrons. The summed E-state index contributed by atoms with van der Waals surface area (Å²) in [7, 11) is 3.21. The summed E-state index contributed by atoms with van der Waals surface area (Å²) in [5, 5.41) is 17.5. The summed E-state index contributed by atoms with van der Waals surface area (Å²) in [6.45, 7) is 2.33. The molecule has 1 rings (SSSR count). The first-order chi connectivity index (χ1) is 7.04. The molecule has 0 aliphatic heterocycles. The van der Waals surface area contributed by atoms with E-state index >= 15 is 0 Å². The molecule has 0 fully saturated rings. The van der Waals surface area contributed by atoms with E-state index in [2.05, 4.69) is 10.4 Å². The Morgan fingerprint density at radius 2 is 2.47 bits per heavy atom. The van der Waals surface area contributed by atoms with E-state index in [1.165, 1.54) is 10.9 Å². The van der Waals surface area contributed by atoms with Gasteiger partial charge >= 0.3 is 5.69 Å². The van der Waals surface area contributed by atoms with E-state index in [0.29, 0.717) is 6.61 Å². The van der Waals surface area contributed by atoms with E-state index < -0.39 is 4.92 Å². The summed E-state index contributed by atoms with van der Waals surface area (Å²) in [5.41, 5.74) is -0.0274. The van der Waals surface area contributed by atoms with Crippen molar-refractivity contribution in [3.05, 3.63) is 16.3 Å². The molecular weight excluding hydrogens is 200 g/mol. The molecule has 1 unspecified atom stereocenters. The molecule has 1 atom stereocenters. The number of nitrogens with one attached hydrogen (secondary N) is 1. The topological polar surface area (TPSA) is 82.2 Å². The summed E-state index contributed by atoms with van der Waals surface area (Å²) in [5.74, 6) is 0.270. The Kier molecular flexibility index (Phi) is 3.62. The number of hydrogen-bond acceptors (Lipinski definition) is 5. The Bertz CT molecular complexity index is 350. The molecule has 0 saturated heterocycles. The fraction of sp³-hybridized carbons (Fsp3) is 0.625. The van der Waals surface area contributed by atoms with Crippen LogP contribution in [0.4, 0.5) is 11.5 Å². The third kappa shape index (κ3) is 2.91. The van der Waals surface area contributed by atoms with Crippen LogP contribution in [0.25, 0.3) is 0 Å². The van der Waals surface area contributed by atoms with Gasteiger partial charge in [0.1, 0.15) is 6.20 Å². The Balaban J connectivity index is 2.79. The monoisotopic (exact) mass is 214 g/mol. The van der Waals surface area contributed by atoms with E-state index in [1.807, 2.05) is 6.92 Å². The van der Waals surface area contributed by atoms with Crippen molar-refractivity contribution in [3.63, 3.8) is 0 Å². The molecule has 1 heterocycles.